The first-order valence-corrected chi connectivity index (χ1v) is 5.44. The number of aromatic nitrogens is 2. The van der Waals surface area contributed by atoms with Crippen LogP contribution in [0.3, 0.4) is 0 Å². The van der Waals surface area contributed by atoms with E-state index >= 15 is 0 Å². The van der Waals surface area contributed by atoms with Crippen molar-refractivity contribution in [3.05, 3.63) is 27.9 Å². The lowest BCUT2D eigenvalue weighted by Crippen LogP contribution is -2.43. The number of ether oxygens (including phenoxy) is 1. The maximum Gasteiger partial charge on any atom is 0.352 e. The normalized spacial score (nSPS) is 13.6. The fourth-order valence-electron chi connectivity index (χ4n) is 2.06. The van der Waals surface area contributed by atoms with Crippen molar-refractivity contribution in [3.8, 4) is 0 Å². The minimum Gasteiger partial charge on any atom is -0.462 e. The maximum absolute atomic E-state index is 12.0. The molecule has 0 bridgehead atoms. The quantitative estimate of drug-likeness (QED) is 0.515. The zero-order valence-electron chi connectivity index (χ0n) is 9.52. The van der Waals surface area contributed by atoms with Gasteiger partial charge in [-0.2, -0.15) is 4.57 Å². The number of carbonyl (C=O) groups excluding carboxylic acids is 1. The molecule has 0 N–H and O–H groups in total. The molecule has 5 heteroatoms. The van der Waals surface area contributed by atoms with Gasteiger partial charge in [0.2, 0.25) is 0 Å². The molecular weight excluding hydrogens is 208 g/mol. The Morgan fingerprint density at radius 1 is 1.62 bits per heavy atom. The molecule has 0 aliphatic carbocycles. The van der Waals surface area contributed by atoms with Crippen LogP contribution < -0.4 is 10.1 Å². The van der Waals surface area contributed by atoms with Crippen molar-refractivity contribution >= 4 is 5.97 Å². The fourth-order valence-corrected chi connectivity index (χ4v) is 2.06. The number of nitrogens with zero attached hydrogens (tertiary/aromatic N) is 2. The summed E-state index contributed by atoms with van der Waals surface area (Å²) >= 11 is 0. The van der Waals surface area contributed by atoms with Gasteiger partial charge >= 0.3 is 11.5 Å². The van der Waals surface area contributed by atoms with Gasteiger partial charge < -0.3 is 4.74 Å². The highest BCUT2D eigenvalue weighted by molar-refractivity contribution is 5.88. The van der Waals surface area contributed by atoms with E-state index in [0.29, 0.717) is 6.54 Å². The molecule has 2 rings (SSSR count). The maximum atomic E-state index is 12.0. The van der Waals surface area contributed by atoms with Gasteiger partial charge in [-0.05, 0) is 13.3 Å². The predicted octanol–water partition coefficient (Wildman–Crippen LogP) is -0.204. The third kappa shape index (κ3) is 1.62. The van der Waals surface area contributed by atoms with Crippen molar-refractivity contribution in [2.45, 2.75) is 26.3 Å². The largest absolute Gasteiger partial charge is 0.462 e. The van der Waals surface area contributed by atoms with Crippen LogP contribution in [0.1, 0.15) is 29.5 Å². The van der Waals surface area contributed by atoms with Crippen molar-refractivity contribution in [1.29, 1.82) is 0 Å². The summed E-state index contributed by atoms with van der Waals surface area (Å²) in [6, 6.07) is 0. The lowest BCUT2D eigenvalue weighted by Gasteiger charge is -2.03. The van der Waals surface area contributed by atoms with E-state index in [1.807, 2.05) is 11.6 Å². The second-order valence-electron chi connectivity index (χ2n) is 3.85. The summed E-state index contributed by atoms with van der Waals surface area (Å²) in [5.41, 5.74) is -0.112. The van der Waals surface area contributed by atoms with Crippen molar-refractivity contribution in [3.63, 3.8) is 0 Å². The van der Waals surface area contributed by atoms with Crippen LogP contribution in [0.5, 0.6) is 0 Å². The van der Waals surface area contributed by atoms with E-state index in [1.165, 1.54) is 0 Å². The van der Waals surface area contributed by atoms with Gasteiger partial charge in [0, 0.05) is 0 Å². The van der Waals surface area contributed by atoms with Crippen LogP contribution in [-0.2, 0) is 24.8 Å². The Balaban J connectivity index is 2.53. The molecule has 0 radical (unpaired) electrons. The first-order valence-electron chi connectivity index (χ1n) is 5.44. The Hall–Kier alpha value is -1.65. The summed E-state index contributed by atoms with van der Waals surface area (Å²) in [4.78, 5) is 23.5. The van der Waals surface area contributed by atoms with E-state index < -0.39 is 5.97 Å². The number of aryl methyl sites for hydroxylation is 1. The number of esters is 1. The van der Waals surface area contributed by atoms with Crippen molar-refractivity contribution < 1.29 is 14.1 Å². The molecule has 86 valence electrons. The van der Waals surface area contributed by atoms with Crippen molar-refractivity contribution in [2.24, 2.45) is 7.05 Å². The van der Waals surface area contributed by atoms with E-state index in [-0.39, 0.29) is 17.7 Å². The first-order chi connectivity index (χ1) is 7.65. The van der Waals surface area contributed by atoms with E-state index in [2.05, 4.69) is 0 Å². The van der Waals surface area contributed by atoms with Crippen LogP contribution >= 0.6 is 0 Å². The number of rotatable bonds is 2. The van der Waals surface area contributed by atoms with Crippen LogP contribution in [0.4, 0.5) is 0 Å². The van der Waals surface area contributed by atoms with Gasteiger partial charge in [0.25, 0.3) is 5.82 Å². The molecule has 0 spiro atoms. The van der Waals surface area contributed by atoms with Crippen molar-refractivity contribution in [2.75, 3.05) is 6.61 Å². The average Bonchev–Trinajstić information content (AvgIpc) is 2.73. The van der Waals surface area contributed by atoms with Gasteiger partial charge in [-0.3, -0.25) is 0 Å². The SMILES string of the molecule is CCOC(=O)c1c[n+](C)c2n(c1=O)CCC2. The highest BCUT2D eigenvalue weighted by Gasteiger charge is 2.28. The Labute approximate surface area is 93.3 Å². The van der Waals surface area contributed by atoms with Gasteiger partial charge in [-0.1, -0.05) is 0 Å². The molecule has 0 saturated carbocycles. The summed E-state index contributed by atoms with van der Waals surface area (Å²) < 4.78 is 8.35. The molecule has 1 aliphatic rings. The minimum atomic E-state index is -0.537. The average molecular weight is 223 g/mol. The molecule has 1 aliphatic heterocycles. The summed E-state index contributed by atoms with van der Waals surface area (Å²) in [7, 11) is 1.85. The zero-order chi connectivity index (χ0) is 11.7. The van der Waals surface area contributed by atoms with Crippen LogP contribution in [-0.4, -0.2) is 17.1 Å². The molecule has 0 fully saturated rings. The minimum absolute atomic E-state index is 0.120. The molecule has 2 heterocycles. The molecule has 1 aromatic heterocycles. The van der Waals surface area contributed by atoms with Crippen LogP contribution in [0.25, 0.3) is 0 Å². The number of hydrogen-bond acceptors (Lipinski definition) is 3. The summed E-state index contributed by atoms with van der Waals surface area (Å²) in [6.45, 7) is 2.70. The van der Waals surface area contributed by atoms with Gasteiger partial charge in [0.1, 0.15) is 6.20 Å². The van der Waals surface area contributed by atoms with Crippen LogP contribution in [0.2, 0.25) is 0 Å². The Morgan fingerprint density at radius 3 is 3.06 bits per heavy atom. The summed E-state index contributed by atoms with van der Waals surface area (Å²) in [6.07, 6.45) is 3.40. The standard InChI is InChI=1S/C11H15N2O3/c1-3-16-11(15)8-7-12(2)9-5-4-6-13(9)10(8)14/h7H,3-6H2,1-2H3/q+1. The van der Waals surface area contributed by atoms with Crippen LogP contribution in [0, 0.1) is 0 Å². The van der Waals surface area contributed by atoms with E-state index in [4.69, 9.17) is 4.74 Å². The van der Waals surface area contributed by atoms with E-state index in [9.17, 15) is 9.59 Å². The first kappa shape index (κ1) is 10.9. The topological polar surface area (TPSA) is 52.2 Å². The molecule has 0 unspecified atom stereocenters. The summed E-state index contributed by atoms with van der Waals surface area (Å²) in [5, 5.41) is 0. The zero-order valence-corrected chi connectivity index (χ0v) is 9.52. The monoisotopic (exact) mass is 223 g/mol. The van der Waals surface area contributed by atoms with E-state index in [1.54, 1.807) is 17.7 Å². The number of hydrogen-bond donors (Lipinski definition) is 0. The highest BCUT2D eigenvalue weighted by atomic mass is 16.5. The smallest absolute Gasteiger partial charge is 0.352 e. The van der Waals surface area contributed by atoms with Gasteiger partial charge in [0.15, 0.2) is 5.56 Å². The lowest BCUT2D eigenvalue weighted by atomic mass is 10.3. The third-order valence-corrected chi connectivity index (χ3v) is 2.79. The highest BCUT2D eigenvalue weighted by Crippen LogP contribution is 2.07. The van der Waals surface area contributed by atoms with Gasteiger partial charge in [0.05, 0.1) is 26.6 Å². The van der Waals surface area contributed by atoms with Gasteiger partial charge in [-0.15, -0.1) is 0 Å². The summed E-state index contributed by atoms with van der Waals surface area (Å²) in [5.74, 6) is 0.434. The van der Waals surface area contributed by atoms with E-state index in [0.717, 1.165) is 18.7 Å². The molecule has 0 saturated heterocycles. The molecule has 5 nitrogen and oxygen atoms in total. The molecule has 1 aromatic rings. The Morgan fingerprint density at radius 2 is 2.38 bits per heavy atom. The Kier molecular flexibility index (Phi) is 2.77. The number of fused-ring (bicyclic) bond motifs is 1. The molecule has 0 aromatic carbocycles. The molecule has 16 heavy (non-hydrogen) atoms. The molecule has 0 atom stereocenters. The molecule has 0 amide bonds. The fraction of sp³-hybridized carbons (Fsp3) is 0.545. The Bertz CT molecular complexity index is 491. The third-order valence-electron chi connectivity index (χ3n) is 2.79. The molecular formula is C11H15N2O3+. The predicted molar refractivity (Wildman–Crippen MR) is 56.2 cm³/mol. The van der Waals surface area contributed by atoms with Crippen molar-refractivity contribution in [1.82, 2.24) is 4.57 Å². The lowest BCUT2D eigenvalue weighted by molar-refractivity contribution is -0.683. The second-order valence-corrected chi connectivity index (χ2v) is 3.85. The second kappa shape index (κ2) is 4.08. The number of carbonyl (C=O) groups is 1. The van der Waals surface area contributed by atoms with Crippen LogP contribution in [0.15, 0.2) is 11.0 Å². The van der Waals surface area contributed by atoms with Gasteiger partial charge in [-0.25, -0.2) is 14.2 Å².